The third kappa shape index (κ3) is 4.70. The molecule has 1 unspecified atom stereocenters. The Labute approximate surface area is 157 Å². The molecule has 2 aromatic carbocycles. The van der Waals surface area contributed by atoms with Crippen molar-refractivity contribution in [3.63, 3.8) is 0 Å². The smallest absolute Gasteiger partial charge is 0.0417 e. The maximum absolute atomic E-state index is 5.97. The highest BCUT2D eigenvalue weighted by Gasteiger charge is 2.20. The first-order chi connectivity index (χ1) is 11.6. The molecule has 0 radical (unpaired) electrons. The van der Waals surface area contributed by atoms with Crippen molar-refractivity contribution >= 4 is 39.7 Å². The molecule has 1 saturated heterocycles. The van der Waals surface area contributed by atoms with Crippen molar-refractivity contribution in [2.45, 2.75) is 13.0 Å². The van der Waals surface area contributed by atoms with Crippen molar-refractivity contribution < 1.29 is 0 Å². The van der Waals surface area contributed by atoms with Gasteiger partial charge in [-0.2, -0.15) is 0 Å². The minimum absolute atomic E-state index is 0.671. The lowest BCUT2D eigenvalue weighted by atomic mass is 10.1. The van der Waals surface area contributed by atoms with Crippen LogP contribution < -0.4 is 5.73 Å². The summed E-state index contributed by atoms with van der Waals surface area (Å²) in [7, 11) is 0. The molecule has 1 atom stereocenters. The summed E-state index contributed by atoms with van der Waals surface area (Å²) in [5.74, 6) is 0.671. The number of hydrogen-bond donors (Lipinski definition) is 1. The summed E-state index contributed by atoms with van der Waals surface area (Å²) in [6.45, 7) is 4.11. The zero-order chi connectivity index (χ0) is 16.9. The number of halogens is 2. The van der Waals surface area contributed by atoms with Gasteiger partial charge < -0.3 is 5.73 Å². The molecule has 1 aliphatic rings. The molecule has 0 amide bonds. The van der Waals surface area contributed by atoms with Gasteiger partial charge in [-0.15, -0.1) is 0 Å². The highest BCUT2D eigenvalue weighted by molar-refractivity contribution is 9.10. The van der Waals surface area contributed by atoms with E-state index < -0.39 is 0 Å². The van der Waals surface area contributed by atoms with Gasteiger partial charge in [0.2, 0.25) is 0 Å². The van der Waals surface area contributed by atoms with E-state index in [0.717, 1.165) is 41.2 Å². The quantitative estimate of drug-likeness (QED) is 0.705. The van der Waals surface area contributed by atoms with Gasteiger partial charge in [-0.25, -0.2) is 0 Å². The first-order valence-electron chi connectivity index (χ1n) is 8.28. The van der Waals surface area contributed by atoms with Gasteiger partial charge in [0, 0.05) is 22.6 Å². The molecular formula is C20H22BrClN2. The molecule has 0 aromatic heterocycles. The molecule has 24 heavy (non-hydrogen) atoms. The van der Waals surface area contributed by atoms with E-state index in [-0.39, 0.29) is 0 Å². The average Bonchev–Trinajstić information content (AvgIpc) is 3.03. The fourth-order valence-corrected chi connectivity index (χ4v) is 3.88. The summed E-state index contributed by atoms with van der Waals surface area (Å²) in [5.41, 5.74) is 9.44. The molecule has 1 aliphatic heterocycles. The van der Waals surface area contributed by atoms with Crippen LogP contribution in [-0.4, -0.2) is 24.5 Å². The summed E-state index contributed by atoms with van der Waals surface area (Å²) in [4.78, 5) is 2.49. The molecule has 2 N–H and O–H groups in total. The third-order valence-corrected chi connectivity index (χ3v) is 5.43. The second kappa shape index (κ2) is 8.30. The minimum Gasteiger partial charge on any atom is -0.330 e. The predicted octanol–water partition coefficient (Wildman–Crippen LogP) is 5.05. The van der Waals surface area contributed by atoms with Gasteiger partial charge in [0.15, 0.2) is 0 Å². The van der Waals surface area contributed by atoms with Gasteiger partial charge in [-0.1, -0.05) is 70.0 Å². The van der Waals surface area contributed by atoms with Gasteiger partial charge in [0.25, 0.3) is 0 Å². The number of likely N-dealkylation sites (tertiary alicyclic amines) is 1. The van der Waals surface area contributed by atoms with Crippen molar-refractivity contribution in [3.8, 4) is 0 Å². The van der Waals surface area contributed by atoms with Gasteiger partial charge in [-0.05, 0) is 54.3 Å². The van der Waals surface area contributed by atoms with Crippen molar-refractivity contribution in [1.29, 1.82) is 0 Å². The van der Waals surface area contributed by atoms with E-state index in [1.54, 1.807) is 0 Å². The molecule has 0 saturated carbocycles. The van der Waals surface area contributed by atoms with Crippen LogP contribution in [0.25, 0.3) is 12.2 Å². The second-order valence-electron chi connectivity index (χ2n) is 6.37. The number of hydrogen-bond acceptors (Lipinski definition) is 2. The Hall–Kier alpha value is -1.13. The van der Waals surface area contributed by atoms with E-state index in [9.17, 15) is 0 Å². The van der Waals surface area contributed by atoms with Crippen LogP contribution in [0.2, 0.25) is 5.02 Å². The SMILES string of the molecule is NCC1CCN(Cc2ccc(/C=C/c3ccc(Cl)cc3Br)cc2)C1. The van der Waals surface area contributed by atoms with E-state index in [1.807, 2.05) is 18.2 Å². The van der Waals surface area contributed by atoms with Gasteiger partial charge in [-0.3, -0.25) is 4.90 Å². The monoisotopic (exact) mass is 404 g/mol. The average molecular weight is 406 g/mol. The molecule has 1 fully saturated rings. The van der Waals surface area contributed by atoms with E-state index in [4.69, 9.17) is 17.3 Å². The van der Waals surface area contributed by atoms with E-state index >= 15 is 0 Å². The molecule has 2 nitrogen and oxygen atoms in total. The van der Waals surface area contributed by atoms with E-state index in [0.29, 0.717) is 5.92 Å². The Morgan fingerprint density at radius 3 is 2.62 bits per heavy atom. The molecule has 3 rings (SSSR count). The first-order valence-corrected chi connectivity index (χ1v) is 9.45. The second-order valence-corrected chi connectivity index (χ2v) is 7.66. The molecule has 0 spiro atoms. The van der Waals surface area contributed by atoms with Crippen LogP contribution in [0.4, 0.5) is 0 Å². The van der Waals surface area contributed by atoms with Crippen LogP contribution in [0.3, 0.4) is 0 Å². The van der Waals surface area contributed by atoms with Crippen LogP contribution in [-0.2, 0) is 6.54 Å². The van der Waals surface area contributed by atoms with E-state index in [2.05, 4.69) is 57.2 Å². The molecule has 1 heterocycles. The normalized spacial score (nSPS) is 18.5. The molecule has 126 valence electrons. The Kier molecular flexibility index (Phi) is 6.12. The van der Waals surface area contributed by atoms with Crippen LogP contribution in [0.15, 0.2) is 46.9 Å². The van der Waals surface area contributed by atoms with Crippen LogP contribution >= 0.6 is 27.5 Å². The van der Waals surface area contributed by atoms with Crippen molar-refractivity contribution in [3.05, 3.63) is 68.7 Å². The fraction of sp³-hybridized carbons (Fsp3) is 0.300. The summed E-state index contributed by atoms with van der Waals surface area (Å²) in [6, 6.07) is 14.6. The Morgan fingerprint density at radius 2 is 1.96 bits per heavy atom. The Balaban J connectivity index is 1.61. The largest absolute Gasteiger partial charge is 0.330 e. The molecular weight excluding hydrogens is 384 g/mol. The lowest BCUT2D eigenvalue weighted by Crippen LogP contribution is -2.22. The maximum atomic E-state index is 5.97. The van der Waals surface area contributed by atoms with Crippen molar-refractivity contribution in [2.24, 2.45) is 11.7 Å². The summed E-state index contributed by atoms with van der Waals surface area (Å²) in [5, 5.41) is 0.738. The van der Waals surface area contributed by atoms with Crippen molar-refractivity contribution in [2.75, 3.05) is 19.6 Å². The van der Waals surface area contributed by atoms with Crippen LogP contribution in [0.5, 0.6) is 0 Å². The van der Waals surface area contributed by atoms with Gasteiger partial charge >= 0.3 is 0 Å². The number of rotatable bonds is 5. The zero-order valence-corrected chi connectivity index (χ0v) is 15.9. The summed E-state index contributed by atoms with van der Waals surface area (Å²) < 4.78 is 1.01. The standard InChI is InChI=1S/C20H22BrClN2/c21-20-11-19(22)8-7-18(20)6-5-15-1-3-16(4-2-15)13-24-10-9-17(12-23)14-24/h1-8,11,17H,9-10,12-14,23H2/b6-5+. The maximum Gasteiger partial charge on any atom is 0.0417 e. The lowest BCUT2D eigenvalue weighted by molar-refractivity contribution is 0.318. The highest BCUT2D eigenvalue weighted by Crippen LogP contribution is 2.23. The summed E-state index contributed by atoms with van der Waals surface area (Å²) in [6.07, 6.45) is 5.45. The Bertz CT molecular complexity index is 712. The van der Waals surface area contributed by atoms with Gasteiger partial charge in [0.1, 0.15) is 0 Å². The van der Waals surface area contributed by atoms with Crippen LogP contribution in [0.1, 0.15) is 23.1 Å². The molecule has 0 bridgehead atoms. The zero-order valence-electron chi connectivity index (χ0n) is 13.6. The third-order valence-electron chi connectivity index (χ3n) is 4.51. The van der Waals surface area contributed by atoms with Gasteiger partial charge in [0.05, 0.1) is 0 Å². The topological polar surface area (TPSA) is 29.3 Å². The van der Waals surface area contributed by atoms with E-state index in [1.165, 1.54) is 17.5 Å². The highest BCUT2D eigenvalue weighted by atomic mass is 79.9. The summed E-state index contributed by atoms with van der Waals surface area (Å²) >= 11 is 9.52. The van der Waals surface area contributed by atoms with Crippen molar-refractivity contribution in [1.82, 2.24) is 4.90 Å². The molecule has 4 heteroatoms. The molecule has 2 aromatic rings. The Morgan fingerprint density at radius 1 is 1.17 bits per heavy atom. The number of benzene rings is 2. The number of nitrogens with zero attached hydrogens (tertiary/aromatic N) is 1. The molecule has 0 aliphatic carbocycles. The predicted molar refractivity (Wildman–Crippen MR) is 107 cm³/mol. The lowest BCUT2D eigenvalue weighted by Gasteiger charge is -2.15. The first kappa shape index (κ1) is 17.7. The van der Waals surface area contributed by atoms with Crippen LogP contribution in [0, 0.1) is 5.92 Å². The fourth-order valence-electron chi connectivity index (χ4n) is 3.06. The number of nitrogens with two attached hydrogens (primary N) is 1. The minimum atomic E-state index is 0.671.